The summed E-state index contributed by atoms with van der Waals surface area (Å²) in [6.07, 6.45) is 0.853. The molecule has 126 valence electrons. The van der Waals surface area contributed by atoms with Crippen LogP contribution in [0.4, 0.5) is 0 Å². The van der Waals surface area contributed by atoms with Gasteiger partial charge in [-0.25, -0.2) is 0 Å². The molecule has 6 heteroatoms. The smallest absolute Gasteiger partial charge is 0.255 e. The average molecular weight is 339 g/mol. The van der Waals surface area contributed by atoms with Crippen molar-refractivity contribution in [3.63, 3.8) is 0 Å². The summed E-state index contributed by atoms with van der Waals surface area (Å²) >= 11 is 6.17. The Labute approximate surface area is 141 Å². The normalized spacial score (nSPS) is 15.6. The van der Waals surface area contributed by atoms with Crippen molar-refractivity contribution >= 4 is 23.4 Å². The lowest BCUT2D eigenvalue weighted by atomic mass is 10.1. The fourth-order valence-corrected chi connectivity index (χ4v) is 2.94. The van der Waals surface area contributed by atoms with Crippen molar-refractivity contribution in [1.29, 1.82) is 0 Å². The van der Waals surface area contributed by atoms with Gasteiger partial charge in [0, 0.05) is 20.1 Å². The average Bonchev–Trinajstić information content (AvgIpc) is 2.50. The first-order chi connectivity index (χ1) is 10.8. The maximum atomic E-state index is 12.5. The topological polar surface area (TPSA) is 60.9 Å². The molecule has 1 aliphatic rings. The largest absolute Gasteiger partial charge is 0.393 e. The first-order valence-electron chi connectivity index (χ1n) is 7.77. The first kappa shape index (κ1) is 17.8. The number of rotatable bonds is 3. The molecule has 0 spiro atoms. The Hall–Kier alpha value is -1.59. The number of carbonyl (C=O) groups is 2. The van der Waals surface area contributed by atoms with E-state index < -0.39 is 0 Å². The molecule has 1 fully saturated rings. The van der Waals surface area contributed by atoms with E-state index in [1.807, 2.05) is 13.8 Å². The highest BCUT2D eigenvalue weighted by Crippen LogP contribution is 2.22. The van der Waals surface area contributed by atoms with E-state index in [9.17, 15) is 14.7 Å². The van der Waals surface area contributed by atoms with Crippen molar-refractivity contribution in [1.82, 2.24) is 9.80 Å². The van der Waals surface area contributed by atoms with Gasteiger partial charge in [0.15, 0.2) is 0 Å². The van der Waals surface area contributed by atoms with Gasteiger partial charge in [-0.1, -0.05) is 11.6 Å². The molecule has 1 saturated heterocycles. The number of benzene rings is 1. The van der Waals surface area contributed by atoms with Crippen LogP contribution in [0.2, 0.25) is 5.02 Å². The second-order valence-corrected chi connectivity index (χ2v) is 6.60. The van der Waals surface area contributed by atoms with Crippen molar-refractivity contribution in [3.8, 4) is 0 Å². The summed E-state index contributed by atoms with van der Waals surface area (Å²) in [5, 5.41) is 9.89. The Morgan fingerprint density at radius 3 is 2.43 bits per heavy atom. The quantitative estimate of drug-likeness (QED) is 0.917. The Morgan fingerprint density at radius 2 is 1.83 bits per heavy atom. The minimum atomic E-state index is -0.326. The molecule has 0 bridgehead atoms. The number of hydrogen-bond donors (Lipinski definition) is 1. The molecule has 2 amide bonds. The van der Waals surface area contributed by atoms with Gasteiger partial charge >= 0.3 is 0 Å². The number of aliphatic hydroxyl groups is 1. The zero-order valence-corrected chi connectivity index (χ0v) is 14.6. The van der Waals surface area contributed by atoms with Gasteiger partial charge < -0.3 is 14.9 Å². The molecule has 1 aromatic rings. The Kier molecular flexibility index (Phi) is 5.65. The Morgan fingerprint density at radius 1 is 1.26 bits per heavy atom. The molecule has 0 radical (unpaired) electrons. The maximum Gasteiger partial charge on any atom is 0.255 e. The number of hydrogen-bond acceptors (Lipinski definition) is 3. The molecular weight excluding hydrogens is 316 g/mol. The summed E-state index contributed by atoms with van der Waals surface area (Å²) in [4.78, 5) is 27.9. The number of carbonyl (C=O) groups excluding carboxylic acids is 2. The van der Waals surface area contributed by atoms with E-state index in [0.29, 0.717) is 36.5 Å². The molecule has 23 heavy (non-hydrogen) atoms. The number of aryl methyl sites for hydroxylation is 2. The fourth-order valence-electron chi connectivity index (χ4n) is 2.64. The van der Waals surface area contributed by atoms with Crippen LogP contribution in [0.1, 0.15) is 34.3 Å². The maximum absolute atomic E-state index is 12.5. The van der Waals surface area contributed by atoms with E-state index in [-0.39, 0.29) is 24.5 Å². The number of nitrogens with zero attached hydrogens (tertiary/aromatic N) is 2. The van der Waals surface area contributed by atoms with Gasteiger partial charge in [-0.15, -0.1) is 0 Å². The van der Waals surface area contributed by atoms with Crippen LogP contribution < -0.4 is 0 Å². The van der Waals surface area contributed by atoms with Crippen molar-refractivity contribution in [2.24, 2.45) is 0 Å². The molecule has 2 rings (SSSR count). The first-order valence-corrected chi connectivity index (χ1v) is 8.15. The van der Waals surface area contributed by atoms with E-state index in [0.717, 1.165) is 11.1 Å². The van der Waals surface area contributed by atoms with Gasteiger partial charge in [-0.3, -0.25) is 9.59 Å². The summed E-state index contributed by atoms with van der Waals surface area (Å²) in [6, 6.07) is 3.53. The van der Waals surface area contributed by atoms with E-state index in [1.54, 1.807) is 24.1 Å². The highest BCUT2D eigenvalue weighted by atomic mass is 35.5. The van der Waals surface area contributed by atoms with Crippen LogP contribution >= 0.6 is 11.6 Å². The fraction of sp³-hybridized carbons (Fsp3) is 0.529. The summed E-state index contributed by atoms with van der Waals surface area (Å²) < 4.78 is 0. The number of likely N-dealkylation sites (tertiary alicyclic amines) is 1. The van der Waals surface area contributed by atoms with Crippen LogP contribution in [-0.2, 0) is 4.79 Å². The van der Waals surface area contributed by atoms with Crippen molar-refractivity contribution in [3.05, 3.63) is 33.8 Å². The van der Waals surface area contributed by atoms with E-state index in [4.69, 9.17) is 11.6 Å². The standard InChI is InChI=1S/C17H23ClN2O3/c1-11-8-14(15(18)9-12(11)2)17(23)19(3)10-16(22)20-6-4-13(21)5-7-20/h8-9,13,21H,4-7,10H2,1-3H3. The Bertz CT molecular complexity index is 610. The van der Waals surface area contributed by atoms with E-state index >= 15 is 0 Å². The lowest BCUT2D eigenvalue weighted by Gasteiger charge is -2.31. The lowest BCUT2D eigenvalue weighted by Crippen LogP contribution is -2.45. The van der Waals surface area contributed by atoms with Gasteiger partial charge in [-0.05, 0) is 49.9 Å². The summed E-state index contributed by atoms with van der Waals surface area (Å²) in [5.41, 5.74) is 2.43. The summed E-state index contributed by atoms with van der Waals surface area (Å²) in [6.45, 7) is 4.94. The summed E-state index contributed by atoms with van der Waals surface area (Å²) in [5.74, 6) is -0.365. The molecular formula is C17H23ClN2O3. The van der Waals surface area contributed by atoms with Crippen LogP contribution in [0.15, 0.2) is 12.1 Å². The molecule has 1 N–H and O–H groups in total. The van der Waals surface area contributed by atoms with Gasteiger partial charge in [0.1, 0.15) is 0 Å². The lowest BCUT2D eigenvalue weighted by molar-refractivity contribution is -0.133. The molecule has 5 nitrogen and oxygen atoms in total. The van der Waals surface area contributed by atoms with Gasteiger partial charge in [0.2, 0.25) is 5.91 Å². The third kappa shape index (κ3) is 4.24. The predicted octanol–water partition coefficient (Wildman–Crippen LogP) is 2.01. The minimum absolute atomic E-state index is 0.0121. The van der Waals surface area contributed by atoms with Gasteiger partial charge in [0.25, 0.3) is 5.91 Å². The van der Waals surface area contributed by atoms with Crippen LogP contribution in [0.3, 0.4) is 0 Å². The zero-order chi connectivity index (χ0) is 17.1. The van der Waals surface area contributed by atoms with Crippen molar-refractivity contribution in [2.75, 3.05) is 26.7 Å². The number of piperidine rings is 1. The number of halogens is 1. The van der Waals surface area contributed by atoms with Crippen molar-refractivity contribution in [2.45, 2.75) is 32.8 Å². The van der Waals surface area contributed by atoms with Crippen LogP contribution in [-0.4, -0.2) is 59.5 Å². The second-order valence-electron chi connectivity index (χ2n) is 6.19. The van der Waals surface area contributed by atoms with Crippen LogP contribution in [0.5, 0.6) is 0 Å². The third-order valence-corrected chi connectivity index (χ3v) is 4.66. The third-order valence-electron chi connectivity index (χ3n) is 4.35. The Balaban J connectivity index is 2.03. The highest BCUT2D eigenvalue weighted by molar-refractivity contribution is 6.34. The zero-order valence-electron chi connectivity index (χ0n) is 13.8. The SMILES string of the molecule is Cc1cc(Cl)c(C(=O)N(C)CC(=O)N2CCC(O)CC2)cc1C. The molecule has 1 aromatic carbocycles. The highest BCUT2D eigenvalue weighted by Gasteiger charge is 2.24. The number of amides is 2. The van der Waals surface area contributed by atoms with E-state index in [1.165, 1.54) is 4.90 Å². The molecule has 0 aromatic heterocycles. The number of aliphatic hydroxyl groups excluding tert-OH is 1. The number of likely N-dealkylation sites (N-methyl/N-ethyl adjacent to an activating group) is 1. The van der Waals surface area contributed by atoms with Gasteiger partial charge in [0.05, 0.1) is 23.2 Å². The van der Waals surface area contributed by atoms with Crippen LogP contribution in [0, 0.1) is 13.8 Å². The van der Waals surface area contributed by atoms with Crippen LogP contribution in [0.25, 0.3) is 0 Å². The monoisotopic (exact) mass is 338 g/mol. The molecule has 0 unspecified atom stereocenters. The molecule has 0 saturated carbocycles. The molecule has 1 heterocycles. The van der Waals surface area contributed by atoms with Gasteiger partial charge in [-0.2, -0.15) is 0 Å². The second kappa shape index (κ2) is 7.32. The molecule has 1 aliphatic heterocycles. The predicted molar refractivity (Wildman–Crippen MR) is 89.7 cm³/mol. The van der Waals surface area contributed by atoms with E-state index in [2.05, 4.69) is 0 Å². The molecule has 0 atom stereocenters. The molecule has 0 aliphatic carbocycles. The summed E-state index contributed by atoms with van der Waals surface area (Å²) in [7, 11) is 1.60. The minimum Gasteiger partial charge on any atom is -0.393 e. The van der Waals surface area contributed by atoms with Crippen molar-refractivity contribution < 1.29 is 14.7 Å².